The molecule has 0 aromatic rings. The minimum absolute atomic E-state index is 0.0218. The zero-order valence-electron chi connectivity index (χ0n) is 13.5. The fraction of sp³-hybridized carbons (Fsp3) is 0.875. The predicted molar refractivity (Wildman–Crippen MR) is 80.0 cm³/mol. The van der Waals surface area contributed by atoms with Gasteiger partial charge < -0.3 is 5.32 Å². The Morgan fingerprint density at radius 3 is 2.05 bits per heavy atom. The van der Waals surface area contributed by atoms with E-state index in [0.29, 0.717) is 5.41 Å². The van der Waals surface area contributed by atoms with Crippen LogP contribution in [0, 0.1) is 11.3 Å². The van der Waals surface area contributed by atoms with E-state index in [-0.39, 0.29) is 23.7 Å². The summed E-state index contributed by atoms with van der Waals surface area (Å²) in [6.07, 6.45) is 5.28. The number of Topliss-reactive ketones (excluding diaryl/α,β-unsaturated/α-hetero) is 1. The van der Waals surface area contributed by atoms with Gasteiger partial charge in [0, 0.05) is 12.8 Å². The van der Waals surface area contributed by atoms with Crippen LogP contribution in [-0.2, 0) is 9.59 Å². The highest BCUT2D eigenvalue weighted by molar-refractivity contribution is 5.89. The predicted octanol–water partition coefficient (Wildman–Crippen LogP) is 3.71. The van der Waals surface area contributed by atoms with E-state index in [2.05, 4.69) is 26.1 Å². The lowest BCUT2D eigenvalue weighted by Gasteiger charge is -2.20. The van der Waals surface area contributed by atoms with Gasteiger partial charge in [-0.3, -0.25) is 9.59 Å². The minimum atomic E-state index is -0.299. The molecular formula is C16H31NO2. The minimum Gasteiger partial charge on any atom is -0.347 e. The summed E-state index contributed by atoms with van der Waals surface area (Å²) in [6.45, 7) is 12.0. The van der Waals surface area contributed by atoms with Crippen LogP contribution in [0.25, 0.3) is 0 Å². The summed E-state index contributed by atoms with van der Waals surface area (Å²) in [5.41, 5.74) is 0.380. The first-order valence-electron chi connectivity index (χ1n) is 7.44. The smallest absolute Gasteiger partial charge is 0.217 e. The van der Waals surface area contributed by atoms with Crippen molar-refractivity contribution in [2.75, 3.05) is 0 Å². The maximum absolute atomic E-state index is 12.0. The second kappa shape index (κ2) is 8.34. The van der Waals surface area contributed by atoms with Crippen LogP contribution < -0.4 is 5.32 Å². The normalized spacial score (nSPS) is 13.4. The van der Waals surface area contributed by atoms with Gasteiger partial charge in [0.2, 0.25) is 5.91 Å². The summed E-state index contributed by atoms with van der Waals surface area (Å²) >= 11 is 0. The first kappa shape index (κ1) is 18.1. The van der Waals surface area contributed by atoms with Gasteiger partial charge in [-0.25, -0.2) is 0 Å². The number of carbonyl (C=O) groups is 2. The number of unbranched alkanes of at least 4 members (excludes halogenated alkanes) is 2. The Balaban J connectivity index is 4.07. The fourth-order valence-corrected chi connectivity index (χ4v) is 2.11. The molecule has 0 rings (SSSR count). The zero-order valence-corrected chi connectivity index (χ0v) is 13.5. The number of hydrogen-bond donors (Lipinski definition) is 1. The Morgan fingerprint density at radius 2 is 1.63 bits per heavy atom. The van der Waals surface area contributed by atoms with Crippen molar-refractivity contribution in [1.29, 1.82) is 0 Å². The number of nitrogens with one attached hydrogen (secondary N) is 1. The van der Waals surface area contributed by atoms with Crippen molar-refractivity contribution in [3.8, 4) is 0 Å². The molecule has 0 bridgehead atoms. The van der Waals surface area contributed by atoms with Gasteiger partial charge in [0.1, 0.15) is 0 Å². The molecule has 0 radical (unpaired) electrons. The maximum Gasteiger partial charge on any atom is 0.217 e. The topological polar surface area (TPSA) is 46.2 Å². The molecule has 0 fully saturated rings. The molecule has 112 valence electrons. The highest BCUT2D eigenvalue weighted by atomic mass is 16.2. The van der Waals surface area contributed by atoms with Gasteiger partial charge in [-0.2, -0.15) is 0 Å². The molecule has 0 aromatic carbocycles. The van der Waals surface area contributed by atoms with Crippen LogP contribution in [0.15, 0.2) is 0 Å². The van der Waals surface area contributed by atoms with Gasteiger partial charge >= 0.3 is 0 Å². The fourth-order valence-electron chi connectivity index (χ4n) is 2.11. The van der Waals surface area contributed by atoms with Crippen molar-refractivity contribution in [3.05, 3.63) is 0 Å². The van der Waals surface area contributed by atoms with E-state index < -0.39 is 0 Å². The van der Waals surface area contributed by atoms with E-state index >= 15 is 0 Å². The average molecular weight is 269 g/mol. The number of ketones is 1. The van der Waals surface area contributed by atoms with Crippen LogP contribution in [0.2, 0.25) is 0 Å². The molecule has 1 N–H and O–H groups in total. The molecule has 0 spiro atoms. The number of rotatable bonds is 8. The third-order valence-corrected chi connectivity index (χ3v) is 3.21. The van der Waals surface area contributed by atoms with Crippen LogP contribution in [0.4, 0.5) is 0 Å². The Hall–Kier alpha value is -0.860. The standard InChI is InChI=1S/C16H31NO2/c1-12(2)15(19)14(17-13(3)18)10-8-7-9-11-16(4,5)6/h12,14H,7-11H2,1-6H3,(H,17,18). The Morgan fingerprint density at radius 1 is 1.05 bits per heavy atom. The van der Waals surface area contributed by atoms with Gasteiger partial charge in [-0.1, -0.05) is 53.9 Å². The Labute approximate surface area is 118 Å². The Kier molecular flexibility index (Phi) is 7.96. The third kappa shape index (κ3) is 9.69. The molecule has 0 aromatic heterocycles. The van der Waals surface area contributed by atoms with Gasteiger partial charge in [-0.15, -0.1) is 0 Å². The van der Waals surface area contributed by atoms with E-state index in [1.165, 1.54) is 19.8 Å². The maximum atomic E-state index is 12.0. The summed E-state index contributed by atoms with van der Waals surface area (Å²) in [7, 11) is 0. The number of amides is 1. The molecule has 0 aliphatic carbocycles. The number of carbonyl (C=O) groups excluding carboxylic acids is 2. The van der Waals surface area contributed by atoms with E-state index in [1.54, 1.807) is 0 Å². The van der Waals surface area contributed by atoms with Crippen molar-refractivity contribution < 1.29 is 9.59 Å². The lowest BCUT2D eigenvalue weighted by molar-refractivity contribution is -0.128. The first-order valence-corrected chi connectivity index (χ1v) is 7.44. The molecular weight excluding hydrogens is 238 g/mol. The summed E-state index contributed by atoms with van der Waals surface area (Å²) in [6, 6.07) is -0.299. The molecule has 0 aliphatic heterocycles. The van der Waals surface area contributed by atoms with Gasteiger partial charge in [-0.05, 0) is 18.3 Å². The summed E-state index contributed by atoms with van der Waals surface area (Å²) in [4.78, 5) is 23.1. The quantitative estimate of drug-likeness (QED) is 0.683. The van der Waals surface area contributed by atoms with Crippen LogP contribution >= 0.6 is 0 Å². The zero-order chi connectivity index (χ0) is 15.1. The summed E-state index contributed by atoms with van der Waals surface area (Å²) < 4.78 is 0. The summed E-state index contributed by atoms with van der Waals surface area (Å²) in [5, 5.41) is 2.78. The summed E-state index contributed by atoms with van der Waals surface area (Å²) in [5.74, 6) is 0.00568. The van der Waals surface area contributed by atoms with E-state index in [0.717, 1.165) is 19.3 Å². The molecule has 0 saturated heterocycles. The van der Waals surface area contributed by atoms with Crippen LogP contribution in [0.1, 0.15) is 73.6 Å². The molecule has 0 aliphatic rings. The van der Waals surface area contributed by atoms with Crippen LogP contribution in [-0.4, -0.2) is 17.7 Å². The van der Waals surface area contributed by atoms with E-state index in [4.69, 9.17) is 0 Å². The van der Waals surface area contributed by atoms with Gasteiger partial charge in [0.15, 0.2) is 5.78 Å². The van der Waals surface area contributed by atoms with Gasteiger partial charge in [0.25, 0.3) is 0 Å². The highest BCUT2D eigenvalue weighted by Crippen LogP contribution is 2.22. The first-order chi connectivity index (χ1) is 8.63. The lowest BCUT2D eigenvalue weighted by Crippen LogP contribution is -2.41. The molecule has 1 atom stereocenters. The monoisotopic (exact) mass is 269 g/mol. The average Bonchev–Trinajstić information content (AvgIpc) is 2.23. The highest BCUT2D eigenvalue weighted by Gasteiger charge is 2.21. The van der Waals surface area contributed by atoms with E-state index in [9.17, 15) is 9.59 Å². The van der Waals surface area contributed by atoms with Crippen molar-refractivity contribution in [3.63, 3.8) is 0 Å². The van der Waals surface area contributed by atoms with Crippen LogP contribution in [0.5, 0.6) is 0 Å². The molecule has 3 heteroatoms. The lowest BCUT2D eigenvalue weighted by atomic mass is 9.89. The second-order valence-electron chi connectivity index (χ2n) is 6.97. The molecule has 1 amide bonds. The molecule has 0 heterocycles. The number of hydrogen-bond acceptors (Lipinski definition) is 2. The molecule has 3 nitrogen and oxygen atoms in total. The Bertz CT molecular complexity index is 290. The van der Waals surface area contributed by atoms with Crippen molar-refractivity contribution >= 4 is 11.7 Å². The van der Waals surface area contributed by atoms with Crippen molar-refractivity contribution in [1.82, 2.24) is 5.32 Å². The van der Waals surface area contributed by atoms with Crippen molar-refractivity contribution in [2.45, 2.75) is 79.7 Å². The molecule has 1 unspecified atom stereocenters. The molecule has 19 heavy (non-hydrogen) atoms. The largest absolute Gasteiger partial charge is 0.347 e. The molecule has 0 saturated carbocycles. The van der Waals surface area contributed by atoms with E-state index in [1.807, 2.05) is 13.8 Å². The second-order valence-corrected chi connectivity index (χ2v) is 6.97. The SMILES string of the molecule is CC(=O)NC(CCCCCC(C)(C)C)C(=O)C(C)C. The van der Waals surface area contributed by atoms with Crippen LogP contribution in [0.3, 0.4) is 0 Å². The van der Waals surface area contributed by atoms with Crippen molar-refractivity contribution in [2.24, 2.45) is 11.3 Å². The van der Waals surface area contributed by atoms with Gasteiger partial charge in [0.05, 0.1) is 6.04 Å². The third-order valence-electron chi connectivity index (χ3n) is 3.21.